The molecule has 0 aliphatic carbocycles. The van der Waals surface area contributed by atoms with Crippen LogP contribution in [0.4, 0.5) is 0 Å². The normalized spacial score (nSPS) is 12.3. The summed E-state index contributed by atoms with van der Waals surface area (Å²) in [5, 5.41) is 1.33. The first kappa shape index (κ1) is 88.1. The number of nitrogens with zero attached hydrogens (tertiary/aromatic N) is 2. The number of unbranched alkanes of at least 4 members (excludes halogenated alkanes) is 27. The quantitative estimate of drug-likeness (QED) is 0.0297. The van der Waals surface area contributed by atoms with Crippen molar-refractivity contribution >= 4 is 28.8 Å². The van der Waals surface area contributed by atoms with Crippen LogP contribution in [-0.4, -0.2) is 111 Å². The van der Waals surface area contributed by atoms with Crippen molar-refractivity contribution in [2.24, 2.45) is 17.8 Å². The van der Waals surface area contributed by atoms with Crippen molar-refractivity contribution in [1.29, 1.82) is 0 Å². The van der Waals surface area contributed by atoms with Gasteiger partial charge in [-0.25, -0.2) is 0 Å². The van der Waals surface area contributed by atoms with E-state index in [4.69, 9.17) is 23.7 Å². The van der Waals surface area contributed by atoms with Crippen LogP contribution in [0, 0.1) is 17.8 Å². The number of hydrogen-bond acceptors (Lipinski definition) is 10. The van der Waals surface area contributed by atoms with Crippen molar-refractivity contribution in [2.45, 2.75) is 382 Å². The van der Waals surface area contributed by atoms with Crippen molar-refractivity contribution in [3.05, 3.63) is 36.0 Å². The number of benzene rings is 1. The summed E-state index contributed by atoms with van der Waals surface area (Å²) < 4.78 is 29.8. The Kier molecular flexibility index (Phi) is 60.8. The predicted molar refractivity (Wildman–Crippen MR) is 404 cm³/mol. The second-order valence-electron chi connectivity index (χ2n) is 29.0. The molecule has 554 valence electrons. The Labute approximate surface area is 587 Å². The van der Waals surface area contributed by atoms with E-state index in [0.717, 1.165) is 116 Å². The summed E-state index contributed by atoms with van der Waals surface area (Å²) in [7, 11) is 0. The highest BCUT2D eigenvalue weighted by Crippen LogP contribution is 2.25. The minimum Gasteiger partial charge on any atom is -0.466 e. The second kappa shape index (κ2) is 65.6. The largest absolute Gasteiger partial charge is 0.466 e. The summed E-state index contributed by atoms with van der Waals surface area (Å²) in [5.74, 6) is 2.07. The lowest BCUT2D eigenvalue weighted by Crippen LogP contribution is -2.30. The highest BCUT2D eigenvalue weighted by molar-refractivity contribution is 5.83. The van der Waals surface area contributed by atoms with E-state index in [9.17, 15) is 14.4 Å². The molecule has 2 rings (SSSR count). The second-order valence-corrected chi connectivity index (χ2v) is 29.0. The van der Waals surface area contributed by atoms with Crippen LogP contribution in [0.25, 0.3) is 10.9 Å². The fraction of sp³-hybridized carbons (Fsp3) is 0.869. The number of para-hydroxylation sites is 1. The summed E-state index contributed by atoms with van der Waals surface area (Å²) in [4.78, 5) is 46.6. The first-order valence-electron chi connectivity index (χ1n) is 41.4. The number of carbonyl (C=O) groups is 3. The molecule has 1 heterocycles. The van der Waals surface area contributed by atoms with Gasteiger partial charge in [0.2, 0.25) is 0 Å². The minimum atomic E-state index is -0.234. The van der Waals surface area contributed by atoms with E-state index in [1.165, 1.54) is 248 Å². The number of ether oxygens (including phenoxy) is 5. The van der Waals surface area contributed by atoms with E-state index in [2.05, 4.69) is 93.7 Å². The van der Waals surface area contributed by atoms with Gasteiger partial charge in [-0.3, -0.25) is 14.4 Å². The standard InChI is InChI=1S/C84H155N3O8/c1-8-14-32-48-76(49-33-15-9-2)60-71-93-82(88)56-38-26-20-23-29-43-63-86(64-44-30-24-21-27-39-57-83(89)94-72-61-77(50-34-16-10-3)51-35-17-11-4)66-46-69-91-75(7)92-70-47-67-87(68-59-79-74-85-81-55-42-41-54-80(79)81)65-45-31-25-22-28-40-58-84(90)95-73-62-78(52-36-18-12-5)53-37-19-13-6/h41-42,54-55,74-78,85H,8-40,43-53,56-73H2,1-7H3. The molecular formula is C84H155N3O8. The maximum absolute atomic E-state index is 12.6. The van der Waals surface area contributed by atoms with Gasteiger partial charge < -0.3 is 38.5 Å². The molecule has 0 aliphatic rings. The van der Waals surface area contributed by atoms with Crippen LogP contribution in [0.1, 0.15) is 375 Å². The van der Waals surface area contributed by atoms with Gasteiger partial charge in [0, 0.05) is 56.0 Å². The number of rotatable bonds is 73. The van der Waals surface area contributed by atoms with Gasteiger partial charge in [0.1, 0.15) is 0 Å². The van der Waals surface area contributed by atoms with E-state index in [-0.39, 0.29) is 24.2 Å². The SMILES string of the molecule is CCCCCC(CCCCC)CCOC(=O)CCCCCCCCN(CCCCCCCCC(=O)OCCC(CCCCC)CCCCC)CCCOC(C)OCCCN(CCCCCCCCC(=O)OCCC(CCCCC)CCCCC)CCc1c[nH]c2ccccc12. The summed E-state index contributed by atoms with van der Waals surface area (Å²) >= 11 is 0. The van der Waals surface area contributed by atoms with Crippen molar-refractivity contribution in [2.75, 3.05) is 72.3 Å². The van der Waals surface area contributed by atoms with Gasteiger partial charge in [-0.1, -0.05) is 291 Å². The maximum Gasteiger partial charge on any atom is 0.305 e. The third kappa shape index (κ3) is 52.7. The third-order valence-corrected chi connectivity index (χ3v) is 20.3. The minimum absolute atomic E-state index is 0.00558. The topological polar surface area (TPSA) is 120 Å². The summed E-state index contributed by atoms with van der Waals surface area (Å²) in [5.41, 5.74) is 2.60. The Morgan fingerprint density at radius 1 is 0.347 bits per heavy atom. The van der Waals surface area contributed by atoms with Crippen LogP contribution in [0.5, 0.6) is 0 Å². The van der Waals surface area contributed by atoms with E-state index in [0.29, 0.717) is 70.1 Å². The van der Waals surface area contributed by atoms with Crippen molar-refractivity contribution < 1.29 is 38.1 Å². The Balaban J connectivity index is 1.79. The van der Waals surface area contributed by atoms with Gasteiger partial charge in [-0.05, 0) is 133 Å². The summed E-state index contributed by atoms with van der Waals surface area (Å²) in [6, 6.07) is 8.65. The van der Waals surface area contributed by atoms with Crippen molar-refractivity contribution in [1.82, 2.24) is 14.8 Å². The van der Waals surface area contributed by atoms with E-state index in [1.807, 2.05) is 0 Å². The lowest BCUT2D eigenvalue weighted by Gasteiger charge is -2.24. The van der Waals surface area contributed by atoms with Crippen LogP contribution >= 0.6 is 0 Å². The number of carbonyl (C=O) groups excluding carboxylic acids is 3. The molecule has 0 bridgehead atoms. The molecule has 95 heavy (non-hydrogen) atoms. The average molecular weight is 1340 g/mol. The molecule has 11 heteroatoms. The molecule has 2 aromatic rings. The summed E-state index contributed by atoms with van der Waals surface area (Å²) in [6.45, 7) is 25.2. The third-order valence-electron chi connectivity index (χ3n) is 20.3. The molecule has 1 unspecified atom stereocenters. The zero-order valence-corrected chi connectivity index (χ0v) is 63.7. The number of fused-ring (bicyclic) bond motifs is 1. The van der Waals surface area contributed by atoms with Gasteiger partial charge in [0.25, 0.3) is 0 Å². The van der Waals surface area contributed by atoms with Crippen molar-refractivity contribution in [3.8, 4) is 0 Å². The molecule has 11 nitrogen and oxygen atoms in total. The zero-order chi connectivity index (χ0) is 68.5. The van der Waals surface area contributed by atoms with E-state index < -0.39 is 0 Å². The molecule has 1 atom stereocenters. The van der Waals surface area contributed by atoms with E-state index >= 15 is 0 Å². The Hall–Kier alpha value is -2.99. The number of esters is 3. The van der Waals surface area contributed by atoms with E-state index in [1.54, 1.807) is 0 Å². The van der Waals surface area contributed by atoms with Gasteiger partial charge in [-0.15, -0.1) is 0 Å². The fourth-order valence-corrected chi connectivity index (χ4v) is 14.0. The lowest BCUT2D eigenvalue weighted by atomic mass is 9.92. The molecule has 0 spiro atoms. The molecule has 1 aromatic carbocycles. The molecule has 0 radical (unpaired) electrons. The Morgan fingerprint density at radius 2 is 0.653 bits per heavy atom. The number of H-pyrrole nitrogens is 1. The van der Waals surface area contributed by atoms with Crippen LogP contribution in [0.15, 0.2) is 30.5 Å². The van der Waals surface area contributed by atoms with Crippen molar-refractivity contribution in [3.63, 3.8) is 0 Å². The van der Waals surface area contributed by atoms with Gasteiger partial charge in [0.15, 0.2) is 6.29 Å². The summed E-state index contributed by atoms with van der Waals surface area (Å²) in [6.07, 6.45) is 61.0. The first-order valence-corrected chi connectivity index (χ1v) is 41.4. The van der Waals surface area contributed by atoms with Gasteiger partial charge in [-0.2, -0.15) is 0 Å². The molecule has 0 saturated heterocycles. The van der Waals surface area contributed by atoms with Crippen LogP contribution in [0.3, 0.4) is 0 Å². The van der Waals surface area contributed by atoms with Crippen LogP contribution in [0.2, 0.25) is 0 Å². The molecule has 0 saturated carbocycles. The average Bonchev–Trinajstić information content (AvgIpc) is 1.74. The highest BCUT2D eigenvalue weighted by Gasteiger charge is 2.16. The predicted octanol–water partition coefficient (Wildman–Crippen LogP) is 23.8. The first-order chi connectivity index (χ1) is 46.6. The maximum atomic E-state index is 12.6. The van der Waals surface area contributed by atoms with Crippen LogP contribution in [-0.2, 0) is 44.5 Å². The van der Waals surface area contributed by atoms with Gasteiger partial charge >= 0.3 is 17.9 Å². The molecule has 1 aromatic heterocycles. The molecule has 0 fully saturated rings. The van der Waals surface area contributed by atoms with Crippen LogP contribution < -0.4 is 0 Å². The Morgan fingerprint density at radius 3 is 1.00 bits per heavy atom. The fourth-order valence-electron chi connectivity index (χ4n) is 14.0. The highest BCUT2D eigenvalue weighted by atomic mass is 16.7. The number of hydrogen-bond donors (Lipinski definition) is 1. The smallest absolute Gasteiger partial charge is 0.305 e. The Bertz CT molecular complexity index is 1910. The zero-order valence-electron chi connectivity index (χ0n) is 63.7. The number of nitrogens with one attached hydrogen (secondary N) is 1. The monoisotopic (exact) mass is 1330 g/mol. The molecule has 1 N–H and O–H groups in total. The molecule has 0 amide bonds. The van der Waals surface area contributed by atoms with Gasteiger partial charge in [0.05, 0.1) is 33.0 Å². The molecule has 0 aliphatic heterocycles. The molecular weight excluding hydrogens is 1180 g/mol. The lowest BCUT2D eigenvalue weighted by molar-refractivity contribution is -0.145. The number of aromatic amines is 1. The number of aromatic nitrogens is 1.